The van der Waals surface area contributed by atoms with E-state index < -0.39 is 27.0 Å². The van der Waals surface area contributed by atoms with E-state index in [1.54, 1.807) is 0 Å². The predicted octanol–water partition coefficient (Wildman–Crippen LogP) is 20.9. The number of hydrogen-bond donors (Lipinski definition) is 1. The molecule has 0 unspecified atom stereocenters. The van der Waals surface area contributed by atoms with Gasteiger partial charge >= 0.3 is 306 Å². The van der Waals surface area contributed by atoms with E-state index in [2.05, 4.69) is 204 Å². The van der Waals surface area contributed by atoms with E-state index in [9.17, 15) is 0 Å². The molecule has 8 aromatic carbocycles. The van der Waals surface area contributed by atoms with Crippen LogP contribution in [0.15, 0.2) is 133 Å². The summed E-state index contributed by atoms with van der Waals surface area (Å²) >= 11 is 8.54. The first-order valence-electron chi connectivity index (χ1n) is 30.4. The van der Waals surface area contributed by atoms with Gasteiger partial charge in [0.2, 0.25) is 0 Å². The number of ether oxygens (including phenoxy) is 1. The Bertz CT molecular complexity index is 3550. The molecule has 0 saturated carbocycles. The molecule has 2 N–H and O–H groups in total. The average molecular weight is 1520 g/mol. The van der Waals surface area contributed by atoms with Crippen molar-refractivity contribution in [3.63, 3.8) is 0 Å². The monoisotopic (exact) mass is 1520 g/mol. The topological polar surface area (TPSA) is 44.3 Å². The Hall–Kier alpha value is -5.11. The number of hydrogen-bond acceptors (Lipinski definition) is 7. The molecular formula is C75H90Cl6N7ORu2-. The summed E-state index contributed by atoms with van der Waals surface area (Å²) in [4.78, 5) is 13.7. The Morgan fingerprint density at radius 1 is 0.462 bits per heavy atom. The van der Waals surface area contributed by atoms with Gasteiger partial charge in [0.05, 0.1) is 0 Å². The van der Waals surface area contributed by atoms with Crippen molar-refractivity contribution in [2.75, 3.05) is 82.0 Å². The Morgan fingerprint density at radius 3 is 1.24 bits per heavy atom. The minimum absolute atomic E-state index is 0.178. The van der Waals surface area contributed by atoms with Gasteiger partial charge in [0.1, 0.15) is 0 Å². The van der Waals surface area contributed by atoms with Crippen molar-refractivity contribution in [2.45, 2.75) is 110 Å². The van der Waals surface area contributed by atoms with Crippen molar-refractivity contribution in [1.29, 1.82) is 0 Å². The maximum Gasteiger partial charge on any atom is 0.0146 e. The third-order valence-corrected chi connectivity index (χ3v) is 19.9. The zero-order valence-electron chi connectivity index (χ0n) is 55.7. The molecule has 0 aliphatic carbocycles. The van der Waals surface area contributed by atoms with Crippen LogP contribution in [0.3, 0.4) is 0 Å². The summed E-state index contributed by atoms with van der Waals surface area (Å²) in [5.41, 5.74) is 29.0. The molecule has 0 radical (unpaired) electrons. The summed E-state index contributed by atoms with van der Waals surface area (Å²) in [6.45, 7) is 40.0. The van der Waals surface area contributed by atoms with Crippen molar-refractivity contribution in [3.8, 4) is 5.75 Å². The minimum atomic E-state index is -1.98. The smallest absolute Gasteiger partial charge is 0.0146 e. The zero-order valence-corrected chi connectivity index (χ0v) is 63.7. The summed E-state index contributed by atoms with van der Waals surface area (Å²) < 4.78 is 8.55. The number of halogens is 6. The van der Waals surface area contributed by atoms with E-state index in [4.69, 9.17) is 62.0 Å². The normalized spacial score (nSPS) is 13.0. The maximum atomic E-state index is 6.20. The van der Waals surface area contributed by atoms with Gasteiger partial charge in [0, 0.05) is 48.9 Å². The Morgan fingerprint density at radius 2 is 0.835 bits per heavy atom. The fourth-order valence-electron chi connectivity index (χ4n) is 12.5. The molecule has 0 bridgehead atoms. The standard InChI is InChI=1S/2C21H27N2.C17H17Cl2NO.C16H18N2.4ClH.2Ru/c2*1-14-9-16(3)20(17(4)10-14)22-7-8-23(13-22)21-18(5)11-15(2)12-19(21)6;1-11(2)21-17-8-6-14(19)10-16(17)20(4)15-7-5-13(18)9-12(15)3;1-13-8-4-5-9-14(13)12-17-15-10-6-7-11-16(15)18(2)3;;;;;;/h2*9-13H,7-8H2,1-6H3;3,5-11H,1-2,4H3;1,4-11,17H,12H2,2-3H3;4*1H;;/q2*-1;;;;;;;2*+2/p-3. The third kappa shape index (κ3) is 20.2. The summed E-state index contributed by atoms with van der Waals surface area (Å²) in [6, 6.07) is 46.0. The second-order valence-corrected chi connectivity index (χ2v) is 36.5. The number of rotatable bonds is 14. The first-order valence-corrected chi connectivity index (χ1v) is 42.2. The molecule has 0 amide bonds. The summed E-state index contributed by atoms with van der Waals surface area (Å²) in [5.74, 6) is 0.878. The molecule has 8 nitrogen and oxygen atoms in total. The van der Waals surface area contributed by atoms with Crippen LogP contribution in [-0.2, 0) is 33.6 Å². The van der Waals surface area contributed by atoms with Crippen molar-refractivity contribution < 1.29 is 31.8 Å². The number of aryl methyl sites for hydroxylation is 12. The first kappa shape index (κ1) is 73.3. The molecule has 2 aliphatic heterocycles. The predicted molar refractivity (Wildman–Crippen MR) is 397 cm³/mol. The van der Waals surface area contributed by atoms with E-state index in [0.29, 0.717) is 10.0 Å². The molecule has 10 rings (SSSR count). The van der Waals surface area contributed by atoms with Gasteiger partial charge in [-0.1, -0.05) is 70.8 Å². The van der Waals surface area contributed by atoms with Gasteiger partial charge in [-0.3, -0.25) is 0 Å². The number of nitrogens with zero attached hydrogens (tertiary/aromatic N) is 6. The van der Waals surface area contributed by atoms with E-state index in [0.717, 1.165) is 66.7 Å². The van der Waals surface area contributed by atoms with Crippen molar-refractivity contribution in [2.24, 2.45) is 0 Å². The number of para-hydroxylation sites is 2. The number of aromatic hydroxyl groups is 1. The fraction of sp³-hybridized carbons (Fsp3) is 0.307. The van der Waals surface area contributed by atoms with Crippen LogP contribution in [0.2, 0.25) is 10.0 Å². The molecule has 16 heteroatoms. The quantitative estimate of drug-likeness (QED) is 0.0661. The van der Waals surface area contributed by atoms with Crippen LogP contribution in [0, 0.1) is 96.4 Å². The van der Waals surface area contributed by atoms with Gasteiger partial charge in [-0.2, -0.15) is 13.3 Å². The van der Waals surface area contributed by atoms with Crippen molar-refractivity contribution in [1.82, 2.24) is 0 Å². The molecule has 2 heterocycles. The Labute approximate surface area is 580 Å². The molecule has 0 atom stereocenters. The van der Waals surface area contributed by atoms with Crippen LogP contribution in [0.1, 0.15) is 97.3 Å². The fourth-order valence-corrected chi connectivity index (χ4v) is 16.6. The van der Waals surface area contributed by atoms with Gasteiger partial charge in [-0.05, 0) is 128 Å². The number of anilines is 8. The Balaban J connectivity index is 0.000000173. The van der Waals surface area contributed by atoms with Crippen LogP contribution in [0.25, 0.3) is 0 Å². The van der Waals surface area contributed by atoms with Crippen LogP contribution in [0.4, 0.5) is 45.5 Å². The number of nitrogens with one attached hydrogen (secondary N) is 1. The zero-order chi connectivity index (χ0) is 66.5. The maximum absolute atomic E-state index is 6.20. The molecular weight excluding hydrogens is 1430 g/mol. The third-order valence-electron chi connectivity index (χ3n) is 15.7. The number of benzene rings is 8. The van der Waals surface area contributed by atoms with Gasteiger partial charge in [-0.25, -0.2) is 0 Å². The number of aliphatic hydroxyl groups is 1. The molecule has 490 valence electrons. The molecule has 91 heavy (non-hydrogen) atoms. The van der Waals surface area contributed by atoms with Gasteiger partial charge < -0.3 is 19.6 Å². The van der Waals surface area contributed by atoms with E-state index in [1.807, 2.05) is 110 Å². The largest absolute Gasteiger partial charge is 0.502 e. The average Bonchev–Trinajstić information content (AvgIpc) is 1.78. The molecule has 2 fully saturated rings. The van der Waals surface area contributed by atoms with Gasteiger partial charge in [0.15, 0.2) is 0 Å². The molecule has 0 spiro atoms. The second kappa shape index (κ2) is 33.8. The van der Waals surface area contributed by atoms with Crippen LogP contribution >= 0.6 is 62.0 Å². The van der Waals surface area contributed by atoms with Crippen LogP contribution in [0.5, 0.6) is 5.75 Å². The summed E-state index contributed by atoms with van der Waals surface area (Å²) in [6.07, 6.45) is 0.178. The SMILES string of the molecule is CC(C)[OH+]c1ccc(Cl)cc1N(C)c1ccc(Cl)cc1[CH]=[Ru]([Cl])[Cl].CN(C)c1ccccc1NCc1ccccc1[CH]=[Ru]([Cl])[Cl].Cc1cc(C)c(N2[CH-]N(c3c(C)cc(C)cc3C)CC2)c(C)c1.Cc1cc(C)c(N2[CH-]N(c3c(C)cc(C)cc3C)CC2)c(C)c1. The molecule has 8 aromatic rings. The van der Waals surface area contributed by atoms with Crippen molar-refractivity contribution in [3.05, 3.63) is 240 Å². The van der Waals surface area contributed by atoms with E-state index in [1.165, 1.54) is 101 Å². The van der Waals surface area contributed by atoms with Gasteiger partial charge in [-0.15, -0.1) is 0 Å². The minimum Gasteiger partial charge on any atom is -0.502 e. The second-order valence-electron chi connectivity index (χ2n) is 24.2. The van der Waals surface area contributed by atoms with E-state index >= 15 is 0 Å². The molecule has 2 saturated heterocycles. The van der Waals surface area contributed by atoms with Crippen molar-refractivity contribution >= 4 is 117 Å². The van der Waals surface area contributed by atoms with E-state index in [-0.39, 0.29) is 6.10 Å². The first-order chi connectivity index (χ1) is 43.1. The van der Waals surface area contributed by atoms with Gasteiger partial charge in [0.25, 0.3) is 0 Å². The van der Waals surface area contributed by atoms with Crippen LogP contribution < -0.4 is 34.7 Å². The molecule has 2 aliphatic rings. The van der Waals surface area contributed by atoms with Crippen LogP contribution in [-0.4, -0.2) is 67.4 Å². The Kier molecular flexibility index (Phi) is 27.2. The molecule has 0 aromatic heterocycles. The summed E-state index contributed by atoms with van der Waals surface area (Å²) in [7, 11) is 30.2. The summed E-state index contributed by atoms with van der Waals surface area (Å²) in [5, 5.41) is 4.79.